The van der Waals surface area contributed by atoms with E-state index in [4.69, 9.17) is 5.73 Å². The zero-order valence-corrected chi connectivity index (χ0v) is 20.8. The number of nitrogens with two attached hydrogens (primary N) is 1. The molecule has 0 aliphatic carbocycles. The van der Waals surface area contributed by atoms with Crippen molar-refractivity contribution in [2.45, 2.75) is 44.2 Å². The average Bonchev–Trinajstić information content (AvgIpc) is 3.02. The Kier molecular flexibility index (Phi) is 6.83. The minimum Gasteiger partial charge on any atom is -0.398 e. The van der Waals surface area contributed by atoms with Crippen molar-refractivity contribution in [2.75, 3.05) is 12.8 Å². The number of aromatic nitrogens is 1. The maximum atomic E-state index is 13.4. The van der Waals surface area contributed by atoms with Crippen LogP contribution in [0.3, 0.4) is 0 Å². The average molecular weight is 505 g/mol. The molecule has 0 fully saturated rings. The smallest absolute Gasteiger partial charge is 0.398 e. The number of amides is 1. The van der Waals surface area contributed by atoms with Crippen molar-refractivity contribution in [2.24, 2.45) is 0 Å². The fraction of sp³-hybridized carbons (Fsp3) is 0.276. The third kappa shape index (κ3) is 5.36. The van der Waals surface area contributed by atoms with E-state index >= 15 is 0 Å². The fourth-order valence-corrected chi connectivity index (χ4v) is 4.51. The van der Waals surface area contributed by atoms with Gasteiger partial charge in [-0.2, -0.15) is 18.4 Å². The van der Waals surface area contributed by atoms with Gasteiger partial charge in [0.25, 0.3) is 0 Å². The number of nitriles is 1. The second kappa shape index (κ2) is 9.74. The van der Waals surface area contributed by atoms with Gasteiger partial charge in [0.15, 0.2) is 0 Å². The number of hydrogen-bond acceptors (Lipinski definition) is 4. The van der Waals surface area contributed by atoms with Crippen molar-refractivity contribution in [3.8, 4) is 17.2 Å². The molecular formula is C29H27F3N4O. The van der Waals surface area contributed by atoms with E-state index in [9.17, 15) is 23.2 Å². The first-order valence-electron chi connectivity index (χ1n) is 11.8. The number of halogens is 3. The van der Waals surface area contributed by atoms with E-state index < -0.39 is 17.2 Å². The topological polar surface area (TPSA) is 83.0 Å². The molecule has 2 heterocycles. The van der Waals surface area contributed by atoms with E-state index in [1.54, 1.807) is 37.6 Å². The van der Waals surface area contributed by atoms with Crippen molar-refractivity contribution in [3.05, 3.63) is 89.4 Å². The molecule has 5 nitrogen and oxygen atoms in total. The highest BCUT2D eigenvalue weighted by Crippen LogP contribution is 2.40. The van der Waals surface area contributed by atoms with E-state index in [-0.39, 0.29) is 17.5 Å². The van der Waals surface area contributed by atoms with Gasteiger partial charge >= 0.3 is 6.18 Å². The zero-order chi connectivity index (χ0) is 27.0. The summed E-state index contributed by atoms with van der Waals surface area (Å²) in [6, 6.07) is 17.3. The molecule has 1 atom stereocenters. The Morgan fingerprint density at radius 1 is 1.05 bits per heavy atom. The molecule has 4 rings (SSSR count). The zero-order valence-electron chi connectivity index (χ0n) is 20.8. The number of hydrogen-bond donors (Lipinski definition) is 1. The number of carbonyl (C=O) groups is 1. The molecular weight excluding hydrogens is 477 g/mol. The van der Waals surface area contributed by atoms with Crippen LogP contribution >= 0.6 is 0 Å². The molecule has 1 amide bonds. The van der Waals surface area contributed by atoms with Crippen LogP contribution in [0.4, 0.5) is 18.9 Å². The van der Waals surface area contributed by atoms with Crippen LogP contribution in [-0.2, 0) is 16.4 Å². The second-order valence-corrected chi connectivity index (χ2v) is 9.77. The van der Waals surface area contributed by atoms with Gasteiger partial charge in [0.2, 0.25) is 5.91 Å². The van der Waals surface area contributed by atoms with E-state index in [0.29, 0.717) is 29.7 Å². The standard InChI is InChI=1S/C29H27F3N4O/c1-28(2,17-33)21-7-4-18(5-8-21)22-9-11-27(37)36(3)16-23(22)26-15-20(12-13-35-26)19-6-10-25(34)24(14-19)29(30,31)32/h4-8,10,12-16,22H,9,11,34H2,1-3H3. The van der Waals surface area contributed by atoms with Crippen LogP contribution in [-0.4, -0.2) is 22.8 Å². The van der Waals surface area contributed by atoms with Crippen LogP contribution < -0.4 is 5.73 Å². The van der Waals surface area contributed by atoms with Gasteiger partial charge in [-0.3, -0.25) is 9.78 Å². The summed E-state index contributed by atoms with van der Waals surface area (Å²) in [7, 11) is 1.68. The number of alkyl halides is 3. The second-order valence-electron chi connectivity index (χ2n) is 9.77. The fourth-order valence-electron chi connectivity index (χ4n) is 4.51. The number of carbonyl (C=O) groups excluding carboxylic acids is 1. The number of nitrogens with zero attached hydrogens (tertiary/aromatic N) is 3. The lowest BCUT2D eigenvalue weighted by Crippen LogP contribution is -2.19. The van der Waals surface area contributed by atoms with Gasteiger partial charge in [-0.1, -0.05) is 30.3 Å². The van der Waals surface area contributed by atoms with Crippen molar-refractivity contribution in [1.82, 2.24) is 9.88 Å². The van der Waals surface area contributed by atoms with E-state index in [0.717, 1.165) is 22.8 Å². The molecule has 190 valence electrons. The summed E-state index contributed by atoms with van der Waals surface area (Å²) in [5.74, 6) is -0.209. The maximum Gasteiger partial charge on any atom is 0.418 e. The number of pyridine rings is 1. The first kappa shape index (κ1) is 26.0. The minimum absolute atomic E-state index is 0.0354. The Morgan fingerprint density at radius 3 is 2.38 bits per heavy atom. The summed E-state index contributed by atoms with van der Waals surface area (Å²) in [6.45, 7) is 3.70. The van der Waals surface area contributed by atoms with Gasteiger partial charge in [-0.15, -0.1) is 0 Å². The van der Waals surface area contributed by atoms with Crippen LogP contribution in [0.5, 0.6) is 0 Å². The highest BCUT2D eigenvalue weighted by atomic mass is 19.4. The van der Waals surface area contributed by atoms with Gasteiger partial charge in [0, 0.05) is 43.0 Å². The molecule has 37 heavy (non-hydrogen) atoms. The van der Waals surface area contributed by atoms with Gasteiger partial charge in [-0.05, 0) is 66.8 Å². The lowest BCUT2D eigenvalue weighted by molar-refractivity contribution is -0.136. The molecule has 3 aromatic rings. The summed E-state index contributed by atoms with van der Waals surface area (Å²) in [5, 5.41) is 9.47. The molecule has 1 unspecified atom stereocenters. The first-order valence-corrected chi connectivity index (χ1v) is 11.8. The number of benzene rings is 2. The highest BCUT2D eigenvalue weighted by molar-refractivity contribution is 5.83. The Hall–Kier alpha value is -4.12. The Labute approximate surface area is 214 Å². The van der Waals surface area contributed by atoms with Gasteiger partial charge in [0.05, 0.1) is 22.7 Å². The van der Waals surface area contributed by atoms with Crippen molar-refractivity contribution in [1.29, 1.82) is 5.26 Å². The summed E-state index contributed by atoms with van der Waals surface area (Å²) in [4.78, 5) is 18.6. The molecule has 0 radical (unpaired) electrons. The Bertz CT molecular complexity index is 1400. The normalized spacial score (nSPS) is 16.7. The van der Waals surface area contributed by atoms with Gasteiger partial charge < -0.3 is 10.6 Å². The predicted octanol–water partition coefficient (Wildman–Crippen LogP) is 6.53. The van der Waals surface area contributed by atoms with Crippen molar-refractivity contribution < 1.29 is 18.0 Å². The van der Waals surface area contributed by atoms with E-state index in [2.05, 4.69) is 11.1 Å². The molecule has 0 spiro atoms. The molecule has 1 aliphatic rings. The van der Waals surface area contributed by atoms with Crippen LogP contribution in [0.15, 0.2) is 67.0 Å². The largest absolute Gasteiger partial charge is 0.418 e. The summed E-state index contributed by atoms with van der Waals surface area (Å²) in [6.07, 6.45) is -0.387. The molecule has 8 heteroatoms. The molecule has 2 aromatic carbocycles. The predicted molar refractivity (Wildman–Crippen MR) is 137 cm³/mol. The van der Waals surface area contributed by atoms with Crippen molar-refractivity contribution in [3.63, 3.8) is 0 Å². The molecule has 0 saturated heterocycles. The van der Waals surface area contributed by atoms with Crippen LogP contribution in [0.2, 0.25) is 0 Å². The molecule has 0 saturated carbocycles. The summed E-state index contributed by atoms with van der Waals surface area (Å²) < 4.78 is 40.3. The van der Waals surface area contributed by atoms with Crippen LogP contribution in [0.1, 0.15) is 55.0 Å². The third-order valence-corrected chi connectivity index (χ3v) is 6.81. The van der Waals surface area contributed by atoms with Crippen LogP contribution in [0.25, 0.3) is 16.7 Å². The number of anilines is 1. The highest BCUT2D eigenvalue weighted by Gasteiger charge is 2.33. The number of allylic oxidation sites excluding steroid dienone is 1. The number of rotatable bonds is 4. The quantitative estimate of drug-likeness (QED) is 0.410. The minimum atomic E-state index is -4.57. The van der Waals surface area contributed by atoms with E-state index in [1.807, 2.05) is 38.1 Å². The van der Waals surface area contributed by atoms with E-state index in [1.165, 1.54) is 11.0 Å². The summed E-state index contributed by atoms with van der Waals surface area (Å²) >= 11 is 0. The first-order chi connectivity index (χ1) is 17.4. The maximum absolute atomic E-state index is 13.4. The van der Waals surface area contributed by atoms with Gasteiger partial charge in [0.1, 0.15) is 0 Å². The molecule has 1 aliphatic heterocycles. The van der Waals surface area contributed by atoms with Crippen molar-refractivity contribution >= 4 is 17.2 Å². The Morgan fingerprint density at radius 2 is 1.73 bits per heavy atom. The SMILES string of the molecule is CN1C=C(c2cc(-c3ccc(N)c(C(F)(F)F)c3)ccn2)C(c2ccc(C(C)(C)C#N)cc2)CCC1=O. The van der Waals surface area contributed by atoms with Gasteiger partial charge in [-0.25, -0.2) is 0 Å². The monoisotopic (exact) mass is 504 g/mol. The molecule has 0 bridgehead atoms. The molecule has 1 aromatic heterocycles. The Balaban J connectivity index is 1.78. The third-order valence-electron chi connectivity index (χ3n) is 6.81. The molecule has 2 N–H and O–H groups in total. The lowest BCUT2D eigenvalue weighted by atomic mass is 9.82. The summed E-state index contributed by atoms with van der Waals surface area (Å²) in [5.41, 5.74) is 7.84. The lowest BCUT2D eigenvalue weighted by Gasteiger charge is -2.22. The number of nitrogen functional groups attached to an aromatic ring is 1. The van der Waals surface area contributed by atoms with Crippen LogP contribution in [0, 0.1) is 11.3 Å².